The number of amides is 1. The van der Waals surface area contributed by atoms with Crippen LogP contribution in [0.15, 0.2) is 24.5 Å². The fraction of sp³-hybridized carbons (Fsp3) is 0.571. The van der Waals surface area contributed by atoms with E-state index in [4.69, 9.17) is 0 Å². The van der Waals surface area contributed by atoms with Crippen molar-refractivity contribution < 1.29 is 4.79 Å². The van der Waals surface area contributed by atoms with Crippen molar-refractivity contribution in [3.05, 3.63) is 30.1 Å². The van der Waals surface area contributed by atoms with Crippen LogP contribution in [0.4, 0.5) is 0 Å². The summed E-state index contributed by atoms with van der Waals surface area (Å²) >= 11 is 0. The van der Waals surface area contributed by atoms with Crippen LogP contribution in [-0.2, 0) is 11.2 Å². The predicted molar refractivity (Wildman–Crippen MR) is 74.9 cm³/mol. The summed E-state index contributed by atoms with van der Waals surface area (Å²) < 4.78 is 0. The normalized spacial score (nSPS) is 16.2. The fourth-order valence-electron chi connectivity index (χ4n) is 2.21. The number of piperazine rings is 1. The van der Waals surface area contributed by atoms with E-state index in [2.05, 4.69) is 20.5 Å². The molecule has 1 aromatic rings. The highest BCUT2D eigenvalue weighted by Gasteiger charge is 2.08. The van der Waals surface area contributed by atoms with Gasteiger partial charge in [-0.25, -0.2) is 0 Å². The maximum atomic E-state index is 11.7. The van der Waals surface area contributed by atoms with Gasteiger partial charge in [0, 0.05) is 45.1 Å². The van der Waals surface area contributed by atoms with E-state index < -0.39 is 0 Å². The van der Waals surface area contributed by atoms with Crippen LogP contribution in [0.25, 0.3) is 0 Å². The molecule has 0 saturated carbocycles. The molecule has 0 bridgehead atoms. The van der Waals surface area contributed by atoms with Gasteiger partial charge < -0.3 is 15.5 Å². The summed E-state index contributed by atoms with van der Waals surface area (Å²) in [4.78, 5) is 18.1. The first-order valence-corrected chi connectivity index (χ1v) is 6.93. The molecule has 0 aromatic carbocycles. The smallest absolute Gasteiger partial charge is 0.224 e. The average Bonchev–Trinajstić information content (AvgIpc) is 2.46. The Morgan fingerprint density at radius 2 is 2.05 bits per heavy atom. The largest absolute Gasteiger partial charge is 0.356 e. The van der Waals surface area contributed by atoms with Gasteiger partial charge in [-0.1, -0.05) is 0 Å². The molecule has 1 aliphatic heterocycles. The summed E-state index contributed by atoms with van der Waals surface area (Å²) in [6.45, 7) is 6.21. The molecule has 0 atom stereocenters. The van der Waals surface area contributed by atoms with Gasteiger partial charge in [-0.15, -0.1) is 0 Å². The lowest BCUT2D eigenvalue weighted by atomic mass is 10.2. The average molecular weight is 262 g/mol. The molecule has 1 saturated heterocycles. The van der Waals surface area contributed by atoms with Crippen molar-refractivity contribution in [2.45, 2.75) is 12.8 Å². The standard InChI is InChI=1S/C14H22N4O/c19-14(12-13-2-5-15-6-3-13)17-4-1-9-18-10-7-16-8-11-18/h2-3,5-6,16H,1,4,7-12H2,(H,17,19). The molecule has 0 unspecified atom stereocenters. The molecule has 1 aromatic heterocycles. The van der Waals surface area contributed by atoms with E-state index in [0.717, 1.165) is 51.3 Å². The van der Waals surface area contributed by atoms with Gasteiger partial charge in [0.1, 0.15) is 0 Å². The Kier molecular flexibility index (Phi) is 5.78. The molecular weight excluding hydrogens is 240 g/mol. The zero-order chi connectivity index (χ0) is 13.3. The molecular formula is C14H22N4O. The lowest BCUT2D eigenvalue weighted by molar-refractivity contribution is -0.120. The van der Waals surface area contributed by atoms with Crippen molar-refractivity contribution >= 4 is 5.91 Å². The quantitative estimate of drug-likeness (QED) is 0.711. The van der Waals surface area contributed by atoms with Gasteiger partial charge in [-0.05, 0) is 30.7 Å². The molecule has 2 N–H and O–H groups in total. The Morgan fingerprint density at radius 3 is 2.79 bits per heavy atom. The van der Waals surface area contributed by atoms with Crippen LogP contribution in [0.3, 0.4) is 0 Å². The number of rotatable bonds is 6. The molecule has 5 heteroatoms. The summed E-state index contributed by atoms with van der Waals surface area (Å²) in [7, 11) is 0. The van der Waals surface area contributed by atoms with Crippen LogP contribution in [0, 0.1) is 0 Å². The molecule has 2 heterocycles. The van der Waals surface area contributed by atoms with Crippen LogP contribution in [-0.4, -0.2) is 55.1 Å². The summed E-state index contributed by atoms with van der Waals surface area (Å²) in [6.07, 6.45) is 4.89. The summed E-state index contributed by atoms with van der Waals surface area (Å²) in [5, 5.41) is 6.30. The molecule has 0 radical (unpaired) electrons. The summed E-state index contributed by atoms with van der Waals surface area (Å²) in [5.74, 6) is 0.0894. The number of carbonyl (C=O) groups is 1. The first kappa shape index (κ1) is 14.0. The zero-order valence-electron chi connectivity index (χ0n) is 11.3. The second-order valence-electron chi connectivity index (χ2n) is 4.83. The number of carbonyl (C=O) groups excluding carboxylic acids is 1. The van der Waals surface area contributed by atoms with Gasteiger partial charge in [0.2, 0.25) is 5.91 Å². The SMILES string of the molecule is O=C(Cc1ccncc1)NCCCN1CCNCC1. The molecule has 1 aliphatic rings. The monoisotopic (exact) mass is 262 g/mol. The lowest BCUT2D eigenvalue weighted by Crippen LogP contribution is -2.44. The Labute approximate surface area is 114 Å². The van der Waals surface area contributed by atoms with E-state index in [-0.39, 0.29) is 5.91 Å². The fourth-order valence-corrected chi connectivity index (χ4v) is 2.21. The van der Waals surface area contributed by atoms with Crippen molar-refractivity contribution in [2.24, 2.45) is 0 Å². The van der Waals surface area contributed by atoms with Crippen molar-refractivity contribution in [3.8, 4) is 0 Å². The van der Waals surface area contributed by atoms with Gasteiger partial charge in [-0.3, -0.25) is 9.78 Å². The molecule has 19 heavy (non-hydrogen) atoms. The maximum absolute atomic E-state index is 11.7. The van der Waals surface area contributed by atoms with Gasteiger partial charge in [-0.2, -0.15) is 0 Å². The van der Waals surface area contributed by atoms with Crippen LogP contribution in [0.2, 0.25) is 0 Å². The topological polar surface area (TPSA) is 57.3 Å². The van der Waals surface area contributed by atoms with Crippen LogP contribution < -0.4 is 10.6 Å². The van der Waals surface area contributed by atoms with Gasteiger partial charge in [0.05, 0.1) is 6.42 Å². The van der Waals surface area contributed by atoms with E-state index in [1.54, 1.807) is 12.4 Å². The van der Waals surface area contributed by atoms with Crippen molar-refractivity contribution in [1.82, 2.24) is 20.5 Å². The minimum Gasteiger partial charge on any atom is -0.356 e. The van der Waals surface area contributed by atoms with Crippen molar-refractivity contribution in [2.75, 3.05) is 39.3 Å². The second kappa shape index (κ2) is 7.86. The first-order chi connectivity index (χ1) is 9.34. The van der Waals surface area contributed by atoms with E-state index in [1.807, 2.05) is 12.1 Å². The van der Waals surface area contributed by atoms with Crippen molar-refractivity contribution in [3.63, 3.8) is 0 Å². The number of pyridine rings is 1. The molecule has 0 aliphatic carbocycles. The lowest BCUT2D eigenvalue weighted by Gasteiger charge is -2.27. The number of hydrogen-bond acceptors (Lipinski definition) is 4. The minimum absolute atomic E-state index is 0.0894. The Bertz CT molecular complexity index is 376. The highest BCUT2D eigenvalue weighted by atomic mass is 16.1. The number of nitrogens with zero attached hydrogens (tertiary/aromatic N) is 2. The molecule has 0 spiro atoms. The second-order valence-corrected chi connectivity index (χ2v) is 4.83. The summed E-state index contributed by atoms with van der Waals surface area (Å²) in [5.41, 5.74) is 1.01. The molecule has 5 nitrogen and oxygen atoms in total. The van der Waals surface area contributed by atoms with Crippen LogP contribution in [0.1, 0.15) is 12.0 Å². The Balaban J connectivity index is 1.56. The highest BCUT2D eigenvalue weighted by Crippen LogP contribution is 1.97. The zero-order valence-corrected chi connectivity index (χ0v) is 11.3. The van der Waals surface area contributed by atoms with Crippen LogP contribution in [0.5, 0.6) is 0 Å². The third kappa shape index (κ3) is 5.36. The van der Waals surface area contributed by atoms with Gasteiger partial charge >= 0.3 is 0 Å². The maximum Gasteiger partial charge on any atom is 0.224 e. The predicted octanol–water partition coefficient (Wildman–Crippen LogP) is 0.0356. The first-order valence-electron chi connectivity index (χ1n) is 6.93. The number of nitrogens with one attached hydrogen (secondary N) is 2. The molecule has 1 amide bonds. The number of hydrogen-bond donors (Lipinski definition) is 2. The van der Waals surface area contributed by atoms with Gasteiger partial charge in [0.25, 0.3) is 0 Å². The number of aromatic nitrogens is 1. The van der Waals surface area contributed by atoms with E-state index in [0.29, 0.717) is 6.42 Å². The Morgan fingerprint density at radius 1 is 1.32 bits per heavy atom. The van der Waals surface area contributed by atoms with E-state index >= 15 is 0 Å². The molecule has 2 rings (SSSR count). The Hall–Kier alpha value is -1.46. The van der Waals surface area contributed by atoms with Gasteiger partial charge in [0.15, 0.2) is 0 Å². The molecule has 104 valence electrons. The third-order valence-corrected chi connectivity index (χ3v) is 3.30. The van der Waals surface area contributed by atoms with Crippen LogP contribution >= 0.6 is 0 Å². The van der Waals surface area contributed by atoms with E-state index in [9.17, 15) is 4.79 Å². The van der Waals surface area contributed by atoms with Crippen molar-refractivity contribution in [1.29, 1.82) is 0 Å². The third-order valence-electron chi connectivity index (χ3n) is 3.30. The van der Waals surface area contributed by atoms with E-state index in [1.165, 1.54) is 0 Å². The highest BCUT2D eigenvalue weighted by molar-refractivity contribution is 5.78. The summed E-state index contributed by atoms with van der Waals surface area (Å²) in [6, 6.07) is 3.75. The minimum atomic E-state index is 0.0894. The molecule has 1 fully saturated rings.